The molecule has 0 radical (unpaired) electrons. The predicted molar refractivity (Wildman–Crippen MR) is 91.8 cm³/mol. The summed E-state index contributed by atoms with van der Waals surface area (Å²) in [4.78, 5) is 28.3. The van der Waals surface area contributed by atoms with Crippen molar-refractivity contribution in [3.05, 3.63) is 22.4 Å². The van der Waals surface area contributed by atoms with E-state index in [1.807, 2.05) is 17.5 Å². The number of hydrogen-bond donors (Lipinski definition) is 1. The van der Waals surface area contributed by atoms with Gasteiger partial charge in [-0.15, -0.1) is 11.3 Å². The number of ether oxygens (including phenoxy) is 1. The summed E-state index contributed by atoms with van der Waals surface area (Å²) in [7, 11) is 0. The third kappa shape index (κ3) is 2.86. The third-order valence-electron chi connectivity index (χ3n) is 5.49. The van der Waals surface area contributed by atoms with Crippen molar-refractivity contribution in [1.29, 1.82) is 0 Å². The largest absolute Gasteiger partial charge is 0.353 e. The fourth-order valence-corrected chi connectivity index (χ4v) is 4.48. The lowest BCUT2D eigenvalue weighted by atomic mass is 9.83. The van der Waals surface area contributed by atoms with Gasteiger partial charge in [-0.2, -0.15) is 0 Å². The zero-order chi connectivity index (χ0) is 16.7. The maximum absolute atomic E-state index is 13.2. The van der Waals surface area contributed by atoms with E-state index in [9.17, 15) is 9.59 Å². The van der Waals surface area contributed by atoms with Gasteiger partial charge in [-0.25, -0.2) is 0 Å². The fraction of sp³-hybridized carbons (Fsp3) is 0.667. The van der Waals surface area contributed by atoms with Crippen LogP contribution in [0.25, 0.3) is 0 Å². The summed E-state index contributed by atoms with van der Waals surface area (Å²) >= 11 is 1.43. The Kier molecular flexibility index (Phi) is 4.12. The molecule has 1 N–H and O–H groups in total. The Labute approximate surface area is 146 Å². The van der Waals surface area contributed by atoms with Crippen molar-refractivity contribution in [3.63, 3.8) is 0 Å². The summed E-state index contributed by atoms with van der Waals surface area (Å²) in [6.07, 6.45) is 5.79. The van der Waals surface area contributed by atoms with Gasteiger partial charge in [-0.05, 0) is 55.9 Å². The lowest BCUT2D eigenvalue weighted by molar-refractivity contribution is -0.128. The molecule has 0 bridgehead atoms. The molecule has 6 heteroatoms. The van der Waals surface area contributed by atoms with E-state index in [-0.39, 0.29) is 11.8 Å². The molecule has 2 aliphatic carbocycles. The Hall–Kier alpha value is -1.40. The highest BCUT2D eigenvalue weighted by Gasteiger charge is 2.54. The Balaban J connectivity index is 1.62. The van der Waals surface area contributed by atoms with Gasteiger partial charge >= 0.3 is 0 Å². The number of hydrogen-bond acceptors (Lipinski definition) is 4. The minimum Gasteiger partial charge on any atom is -0.353 e. The highest BCUT2D eigenvalue weighted by molar-refractivity contribution is 7.12. The van der Waals surface area contributed by atoms with Crippen molar-refractivity contribution in [2.24, 2.45) is 5.92 Å². The minimum atomic E-state index is -0.598. The first-order valence-corrected chi connectivity index (χ1v) is 9.78. The summed E-state index contributed by atoms with van der Waals surface area (Å²) in [6, 6.07) is 3.50. The summed E-state index contributed by atoms with van der Waals surface area (Å²) in [5.41, 5.74) is -0.598. The van der Waals surface area contributed by atoms with Gasteiger partial charge in [0.25, 0.3) is 5.91 Å². The molecule has 130 valence electrons. The van der Waals surface area contributed by atoms with E-state index in [4.69, 9.17) is 4.74 Å². The van der Waals surface area contributed by atoms with Crippen LogP contribution in [0.15, 0.2) is 17.5 Å². The molecule has 2 heterocycles. The predicted octanol–water partition coefficient (Wildman–Crippen LogP) is 2.77. The van der Waals surface area contributed by atoms with E-state index in [2.05, 4.69) is 12.2 Å². The molecule has 1 atom stereocenters. The first-order chi connectivity index (χ1) is 11.6. The lowest BCUT2D eigenvalue weighted by Gasteiger charge is -2.42. The molecule has 1 saturated heterocycles. The van der Waals surface area contributed by atoms with E-state index in [1.54, 1.807) is 4.90 Å². The third-order valence-corrected chi connectivity index (χ3v) is 6.35. The highest BCUT2D eigenvalue weighted by Crippen LogP contribution is 2.43. The highest BCUT2D eigenvalue weighted by atomic mass is 32.1. The Morgan fingerprint density at radius 3 is 2.67 bits per heavy atom. The van der Waals surface area contributed by atoms with Crippen molar-refractivity contribution in [2.75, 3.05) is 6.61 Å². The summed E-state index contributed by atoms with van der Waals surface area (Å²) in [5.74, 6) is 0.531. The Morgan fingerprint density at radius 2 is 2.04 bits per heavy atom. The number of amides is 2. The Morgan fingerprint density at radius 1 is 1.29 bits per heavy atom. The average molecular weight is 348 g/mol. The van der Waals surface area contributed by atoms with Crippen LogP contribution in [0.2, 0.25) is 0 Å². The molecule has 3 fully saturated rings. The quantitative estimate of drug-likeness (QED) is 0.914. The van der Waals surface area contributed by atoms with E-state index >= 15 is 0 Å². The minimum absolute atomic E-state index is 0.0575. The summed E-state index contributed by atoms with van der Waals surface area (Å²) < 4.78 is 6.15. The average Bonchev–Trinajstić information content (AvgIpc) is 3.11. The molecule has 0 unspecified atom stereocenters. The van der Waals surface area contributed by atoms with Gasteiger partial charge in [0.15, 0.2) is 0 Å². The van der Waals surface area contributed by atoms with Crippen LogP contribution in [0, 0.1) is 5.92 Å². The normalized spacial score (nSPS) is 33.0. The fourth-order valence-electron chi connectivity index (χ4n) is 3.82. The van der Waals surface area contributed by atoms with Crippen LogP contribution in [0.3, 0.4) is 0 Å². The first-order valence-electron chi connectivity index (χ1n) is 8.90. The number of thiophene rings is 1. The van der Waals surface area contributed by atoms with E-state index in [0.717, 1.165) is 38.5 Å². The molecule has 2 saturated carbocycles. The smallest absolute Gasteiger partial charge is 0.266 e. The Bertz CT molecular complexity index is 618. The van der Waals surface area contributed by atoms with Crippen molar-refractivity contribution in [3.8, 4) is 0 Å². The second kappa shape index (κ2) is 6.15. The molecule has 4 rings (SSSR count). The van der Waals surface area contributed by atoms with E-state index in [1.165, 1.54) is 11.3 Å². The molecule has 24 heavy (non-hydrogen) atoms. The molecule has 0 aromatic carbocycles. The van der Waals surface area contributed by atoms with Gasteiger partial charge in [-0.3, -0.25) is 14.5 Å². The molecule has 1 aromatic heterocycles. The van der Waals surface area contributed by atoms with Gasteiger partial charge in [0.1, 0.15) is 11.8 Å². The number of carbonyl (C=O) groups is 2. The number of nitrogens with zero attached hydrogens (tertiary/aromatic N) is 1. The molecule has 1 aliphatic heterocycles. The van der Waals surface area contributed by atoms with Crippen molar-refractivity contribution in [1.82, 2.24) is 10.2 Å². The topological polar surface area (TPSA) is 58.6 Å². The molecular weight excluding hydrogens is 324 g/mol. The van der Waals surface area contributed by atoms with Gasteiger partial charge in [0, 0.05) is 6.04 Å². The molecule has 5 nitrogen and oxygen atoms in total. The van der Waals surface area contributed by atoms with Crippen molar-refractivity contribution in [2.45, 2.75) is 63.3 Å². The molecular formula is C18H24N2O3S. The van der Waals surface area contributed by atoms with Crippen LogP contribution in [-0.4, -0.2) is 41.1 Å². The maximum atomic E-state index is 13.2. The van der Waals surface area contributed by atoms with Crippen LogP contribution >= 0.6 is 11.3 Å². The SMILES string of the molecule is CC1CCC2(CC1)OC[C@@H](C(=O)NC1CC1)N2C(=O)c1cccs1. The van der Waals surface area contributed by atoms with E-state index in [0.29, 0.717) is 23.4 Å². The van der Waals surface area contributed by atoms with Crippen LogP contribution in [0.4, 0.5) is 0 Å². The van der Waals surface area contributed by atoms with Crippen LogP contribution in [0.5, 0.6) is 0 Å². The zero-order valence-corrected chi connectivity index (χ0v) is 14.8. The molecule has 2 amide bonds. The second-order valence-electron chi connectivity index (χ2n) is 7.39. The number of carbonyl (C=O) groups excluding carboxylic acids is 2. The maximum Gasteiger partial charge on any atom is 0.266 e. The standard InChI is InChI=1S/C18H24N2O3S/c1-12-6-8-18(9-7-12)20(17(22)15-3-2-10-24-15)14(11-23-18)16(21)19-13-4-5-13/h2-3,10,12-14H,4-9,11H2,1H3,(H,19,21)/t12?,14-,18?/m0/s1. The van der Waals surface area contributed by atoms with Crippen molar-refractivity contribution < 1.29 is 14.3 Å². The van der Waals surface area contributed by atoms with Gasteiger partial charge in [0.2, 0.25) is 5.91 Å². The van der Waals surface area contributed by atoms with Crippen LogP contribution in [0.1, 0.15) is 55.1 Å². The number of nitrogens with one attached hydrogen (secondary N) is 1. The second-order valence-corrected chi connectivity index (χ2v) is 8.34. The lowest BCUT2D eigenvalue weighted by Crippen LogP contribution is -2.56. The van der Waals surface area contributed by atoms with Gasteiger partial charge in [0.05, 0.1) is 11.5 Å². The van der Waals surface area contributed by atoms with Gasteiger partial charge in [-0.1, -0.05) is 13.0 Å². The van der Waals surface area contributed by atoms with Gasteiger partial charge < -0.3 is 10.1 Å². The first kappa shape index (κ1) is 16.1. The molecule has 1 aromatic rings. The van der Waals surface area contributed by atoms with Crippen LogP contribution in [-0.2, 0) is 9.53 Å². The van der Waals surface area contributed by atoms with Crippen LogP contribution < -0.4 is 5.32 Å². The van der Waals surface area contributed by atoms with E-state index < -0.39 is 11.8 Å². The summed E-state index contributed by atoms with van der Waals surface area (Å²) in [6.45, 7) is 2.55. The molecule has 1 spiro atoms. The van der Waals surface area contributed by atoms with Crippen molar-refractivity contribution >= 4 is 23.2 Å². The summed E-state index contributed by atoms with van der Waals surface area (Å²) in [5, 5.41) is 4.95. The number of rotatable bonds is 3. The zero-order valence-electron chi connectivity index (χ0n) is 14.0. The molecule has 3 aliphatic rings. The monoisotopic (exact) mass is 348 g/mol.